The zero-order valence-corrected chi connectivity index (χ0v) is 12.8. The van der Waals surface area contributed by atoms with Crippen LogP contribution in [-0.2, 0) is 6.42 Å². The van der Waals surface area contributed by atoms with Gasteiger partial charge in [-0.05, 0) is 50.3 Å². The number of hydrogen-bond acceptors (Lipinski definition) is 2. The predicted octanol–water partition coefficient (Wildman–Crippen LogP) is 3.86. The zero-order valence-electron chi connectivity index (χ0n) is 12.8. The van der Waals surface area contributed by atoms with Crippen LogP contribution in [0.25, 0.3) is 0 Å². The number of nitrogens with zero attached hydrogens (tertiary/aromatic N) is 1. The molecule has 1 aliphatic carbocycles. The average molecular weight is 292 g/mol. The molecule has 1 N–H and O–H groups in total. The van der Waals surface area contributed by atoms with Gasteiger partial charge in [-0.15, -0.1) is 0 Å². The van der Waals surface area contributed by atoms with Crippen LogP contribution in [0.3, 0.4) is 0 Å². The number of benzene rings is 2. The Labute approximate surface area is 131 Å². The van der Waals surface area contributed by atoms with E-state index in [9.17, 15) is 4.79 Å². The highest BCUT2D eigenvalue weighted by atomic mass is 16.2. The van der Waals surface area contributed by atoms with Crippen molar-refractivity contribution in [1.29, 1.82) is 0 Å². The van der Waals surface area contributed by atoms with Gasteiger partial charge in [-0.1, -0.05) is 42.0 Å². The Hall–Kier alpha value is -2.42. The van der Waals surface area contributed by atoms with Crippen molar-refractivity contribution in [1.82, 2.24) is 5.43 Å². The van der Waals surface area contributed by atoms with E-state index in [0.29, 0.717) is 5.56 Å². The molecule has 0 spiro atoms. The second-order valence-corrected chi connectivity index (χ2v) is 5.73. The molecule has 2 aromatic rings. The van der Waals surface area contributed by atoms with Gasteiger partial charge >= 0.3 is 0 Å². The number of rotatable bonds is 2. The summed E-state index contributed by atoms with van der Waals surface area (Å²) < 4.78 is 0. The monoisotopic (exact) mass is 292 g/mol. The van der Waals surface area contributed by atoms with Gasteiger partial charge in [0.1, 0.15) is 0 Å². The summed E-state index contributed by atoms with van der Waals surface area (Å²) >= 11 is 0. The van der Waals surface area contributed by atoms with E-state index >= 15 is 0 Å². The molecule has 0 heterocycles. The van der Waals surface area contributed by atoms with Gasteiger partial charge in [0.15, 0.2) is 0 Å². The first kappa shape index (κ1) is 14.5. The van der Waals surface area contributed by atoms with Crippen molar-refractivity contribution >= 4 is 11.6 Å². The number of carbonyl (C=O) groups is 1. The zero-order chi connectivity index (χ0) is 15.4. The molecule has 0 aromatic heterocycles. The molecular formula is C19H20N2O. The van der Waals surface area contributed by atoms with Crippen LogP contribution in [0.2, 0.25) is 0 Å². The van der Waals surface area contributed by atoms with Crippen LogP contribution in [0.5, 0.6) is 0 Å². The minimum Gasteiger partial charge on any atom is -0.267 e. The molecule has 2 aromatic carbocycles. The Bertz CT molecular complexity index is 702. The van der Waals surface area contributed by atoms with E-state index in [2.05, 4.69) is 28.7 Å². The maximum Gasteiger partial charge on any atom is 0.271 e. The van der Waals surface area contributed by atoms with Crippen LogP contribution in [0.4, 0.5) is 0 Å². The molecule has 0 unspecified atom stereocenters. The standard InChI is InChI=1S/C19H20N2O/c1-14-10-12-16(13-11-14)19(22)21-20-18-9-5-3-7-15-6-2-4-8-17(15)18/h2,4,6,8,10-13H,3,5,7,9H2,1H3,(H,21,22)/b20-18-. The Balaban J connectivity index is 1.80. The second kappa shape index (κ2) is 6.56. The molecule has 112 valence electrons. The molecule has 22 heavy (non-hydrogen) atoms. The maximum atomic E-state index is 12.2. The first-order valence-corrected chi connectivity index (χ1v) is 7.76. The van der Waals surface area contributed by atoms with Crippen molar-refractivity contribution in [3.05, 3.63) is 70.8 Å². The van der Waals surface area contributed by atoms with Gasteiger partial charge in [-0.3, -0.25) is 4.79 Å². The topological polar surface area (TPSA) is 41.5 Å². The summed E-state index contributed by atoms with van der Waals surface area (Å²) in [5.74, 6) is -0.158. The maximum absolute atomic E-state index is 12.2. The van der Waals surface area contributed by atoms with E-state index in [1.54, 1.807) is 0 Å². The molecule has 0 atom stereocenters. The van der Waals surface area contributed by atoms with Crippen molar-refractivity contribution in [3.8, 4) is 0 Å². The summed E-state index contributed by atoms with van der Waals surface area (Å²) in [7, 11) is 0. The van der Waals surface area contributed by atoms with E-state index in [0.717, 1.165) is 30.5 Å². The lowest BCUT2D eigenvalue weighted by Crippen LogP contribution is -2.20. The molecule has 0 bridgehead atoms. The lowest BCUT2D eigenvalue weighted by Gasteiger charge is -2.08. The number of aryl methyl sites for hydroxylation is 2. The quantitative estimate of drug-likeness (QED) is 0.663. The summed E-state index contributed by atoms with van der Waals surface area (Å²) in [6.07, 6.45) is 4.27. The van der Waals surface area contributed by atoms with Crippen molar-refractivity contribution < 1.29 is 4.79 Å². The van der Waals surface area contributed by atoms with Crippen molar-refractivity contribution in [2.75, 3.05) is 0 Å². The van der Waals surface area contributed by atoms with Gasteiger partial charge in [0.25, 0.3) is 5.91 Å². The minimum absolute atomic E-state index is 0.158. The van der Waals surface area contributed by atoms with Crippen molar-refractivity contribution in [2.24, 2.45) is 5.10 Å². The van der Waals surface area contributed by atoms with Gasteiger partial charge < -0.3 is 0 Å². The van der Waals surface area contributed by atoms with Crippen LogP contribution < -0.4 is 5.43 Å². The van der Waals surface area contributed by atoms with E-state index in [-0.39, 0.29) is 5.91 Å². The van der Waals surface area contributed by atoms with Gasteiger partial charge in [-0.2, -0.15) is 5.10 Å². The number of fused-ring (bicyclic) bond motifs is 1. The summed E-state index contributed by atoms with van der Waals surface area (Å²) in [6.45, 7) is 2.00. The fourth-order valence-corrected chi connectivity index (χ4v) is 2.77. The molecule has 1 amide bonds. The Morgan fingerprint density at radius 2 is 1.73 bits per heavy atom. The van der Waals surface area contributed by atoms with E-state index in [1.807, 2.05) is 37.3 Å². The van der Waals surface area contributed by atoms with E-state index in [1.165, 1.54) is 17.5 Å². The van der Waals surface area contributed by atoms with E-state index < -0.39 is 0 Å². The molecule has 0 saturated carbocycles. The molecule has 3 nitrogen and oxygen atoms in total. The molecule has 0 saturated heterocycles. The molecule has 1 aliphatic rings. The molecule has 3 rings (SSSR count). The summed E-state index contributed by atoms with van der Waals surface area (Å²) in [5, 5.41) is 4.40. The van der Waals surface area contributed by atoms with Crippen LogP contribution in [0.1, 0.15) is 46.3 Å². The van der Waals surface area contributed by atoms with Crippen LogP contribution in [0, 0.1) is 6.92 Å². The lowest BCUT2D eigenvalue weighted by atomic mass is 10.0. The number of amides is 1. The second-order valence-electron chi connectivity index (χ2n) is 5.73. The molecule has 3 heteroatoms. The number of hydrogen-bond donors (Lipinski definition) is 1. The summed E-state index contributed by atoms with van der Waals surface area (Å²) in [6, 6.07) is 15.9. The van der Waals surface area contributed by atoms with Gasteiger partial charge in [0.05, 0.1) is 5.71 Å². The number of nitrogens with one attached hydrogen (secondary N) is 1. The van der Waals surface area contributed by atoms with Gasteiger partial charge in [0, 0.05) is 11.1 Å². The van der Waals surface area contributed by atoms with Crippen molar-refractivity contribution in [2.45, 2.75) is 32.6 Å². The lowest BCUT2D eigenvalue weighted by molar-refractivity contribution is 0.0955. The fraction of sp³-hybridized carbons (Fsp3) is 0.263. The normalized spacial score (nSPS) is 16.0. The Morgan fingerprint density at radius 3 is 2.55 bits per heavy atom. The highest BCUT2D eigenvalue weighted by Crippen LogP contribution is 2.20. The third kappa shape index (κ3) is 3.25. The Morgan fingerprint density at radius 1 is 1.00 bits per heavy atom. The Kier molecular flexibility index (Phi) is 4.33. The predicted molar refractivity (Wildman–Crippen MR) is 89.2 cm³/mol. The van der Waals surface area contributed by atoms with Crippen LogP contribution in [-0.4, -0.2) is 11.6 Å². The highest BCUT2D eigenvalue weighted by Gasteiger charge is 2.14. The van der Waals surface area contributed by atoms with E-state index in [4.69, 9.17) is 0 Å². The molecule has 0 fully saturated rings. The summed E-state index contributed by atoms with van der Waals surface area (Å²) in [5.41, 5.74) is 7.95. The van der Waals surface area contributed by atoms with Crippen molar-refractivity contribution in [3.63, 3.8) is 0 Å². The largest absolute Gasteiger partial charge is 0.271 e. The average Bonchev–Trinajstić information content (AvgIpc) is 2.75. The summed E-state index contributed by atoms with van der Waals surface area (Å²) in [4.78, 5) is 12.2. The SMILES string of the molecule is Cc1ccc(C(=O)N/N=C2/CCCCc3ccccc32)cc1. The fourth-order valence-electron chi connectivity index (χ4n) is 2.77. The third-order valence-corrected chi connectivity index (χ3v) is 4.04. The molecular weight excluding hydrogens is 272 g/mol. The van der Waals surface area contributed by atoms with Gasteiger partial charge in [-0.25, -0.2) is 5.43 Å². The number of hydrazone groups is 1. The molecule has 0 radical (unpaired) electrons. The van der Waals surface area contributed by atoms with Crippen LogP contribution >= 0.6 is 0 Å². The first-order valence-electron chi connectivity index (χ1n) is 7.76. The smallest absolute Gasteiger partial charge is 0.267 e. The first-order chi connectivity index (χ1) is 10.7. The van der Waals surface area contributed by atoms with Gasteiger partial charge in [0.2, 0.25) is 0 Å². The third-order valence-electron chi connectivity index (χ3n) is 4.04. The molecule has 0 aliphatic heterocycles. The minimum atomic E-state index is -0.158. The van der Waals surface area contributed by atoms with Crippen LogP contribution in [0.15, 0.2) is 53.6 Å². The highest BCUT2D eigenvalue weighted by molar-refractivity contribution is 6.03. The number of carbonyl (C=O) groups excluding carboxylic acids is 1.